The van der Waals surface area contributed by atoms with Crippen molar-refractivity contribution >= 4 is 43.3 Å². The number of nitrogens with one attached hydrogen (secondary N) is 4. The second-order valence-electron chi connectivity index (χ2n) is 11.5. The minimum absolute atomic E-state index is 0. The molecule has 6 unspecified atom stereocenters. The molecule has 0 aliphatic carbocycles. The summed E-state index contributed by atoms with van der Waals surface area (Å²) in [7, 11) is 2.87. The number of alkyl carbamates (subject to hydrolysis) is 4. The molecule has 314 valence electrons. The molecular weight excluding hydrogens is 795 g/mol. The maximum atomic E-state index is 12.1. The zero-order valence-corrected chi connectivity index (χ0v) is 33.6. The standard InChI is InChI=1S/C19H28N4O12.C8H12N2O6.CH2O.K.2H2O/c1-20-16(24)32-8-3-28-14-10(5-30-12(8)14)34-18(26)22-7-23-19(27)35-11-6-31-13-9(4-29-15(11)13)33-17(25)21-2;9-7(11)15-3-1-13-6-4(16-8(10)12)2-14-5(3)6;1-2;;;/h8-15H,3-7H2,1-2H3,(H,20,24)(H,21,25)(H,22,26)(H,23,27);3-6H,1-2H2,(H2,9,11)(H2,10,12);1H2;;2*1H2/q;;;+1;;/p-1/t8?,9?,10?,11?,12-,13-,14-,15-;3?,4?,5-,6-;;;;/m11..../s1. The molecule has 6 rings (SSSR count). The summed E-state index contributed by atoms with van der Waals surface area (Å²) in [4.78, 5) is 76.2. The SMILES string of the molecule is C=O.CNC(=O)OC1CO[C@@H]2C(OC(=O)NCNC(=O)OC3CO[C@@H]4C(OC(=O)NC)CO[C@H]34)CO[C@H]12.NC(=O)OC1CO[C@@H]2C(OC(N)=O)CO[C@H]12.O.[K+].[OH-]. The number of nitrogens with two attached hydrogens (primary N) is 2. The first-order chi connectivity index (χ1) is 25.5. The summed E-state index contributed by atoms with van der Waals surface area (Å²) in [5.74, 6) is 0. The van der Waals surface area contributed by atoms with Crippen LogP contribution >= 0.6 is 0 Å². The third-order valence-electron chi connectivity index (χ3n) is 8.33. The fourth-order valence-electron chi connectivity index (χ4n) is 6.13. The molecule has 28 heteroatoms. The van der Waals surface area contributed by atoms with Gasteiger partial charge in [0, 0.05) is 14.1 Å². The molecule has 6 aliphatic rings. The second-order valence-corrected chi connectivity index (χ2v) is 11.5. The van der Waals surface area contributed by atoms with Crippen molar-refractivity contribution in [1.29, 1.82) is 0 Å². The van der Waals surface area contributed by atoms with Crippen LogP contribution in [0.2, 0.25) is 0 Å². The summed E-state index contributed by atoms with van der Waals surface area (Å²) in [5, 5.41) is 9.44. The van der Waals surface area contributed by atoms with Gasteiger partial charge in [-0.15, -0.1) is 0 Å². The molecule has 6 heterocycles. The summed E-state index contributed by atoms with van der Waals surface area (Å²) >= 11 is 0. The van der Waals surface area contributed by atoms with Gasteiger partial charge in [-0.1, -0.05) is 0 Å². The molecule has 0 radical (unpaired) electrons. The van der Waals surface area contributed by atoms with Gasteiger partial charge in [0.15, 0.2) is 36.6 Å². The van der Waals surface area contributed by atoms with E-state index in [-0.39, 0.29) is 109 Å². The monoisotopic (exact) mass is 840 g/mol. The maximum absolute atomic E-state index is 12.1. The largest absolute Gasteiger partial charge is 1.00 e. The van der Waals surface area contributed by atoms with Crippen molar-refractivity contribution in [1.82, 2.24) is 21.3 Å². The summed E-state index contributed by atoms with van der Waals surface area (Å²) in [6.07, 6.45) is -11.6. The average Bonchev–Trinajstić information content (AvgIpc) is 3.98. The number of carbonyl (C=O) groups excluding carboxylic acids is 7. The Kier molecular flexibility index (Phi) is 22.1. The number of amides is 6. The first-order valence-corrected chi connectivity index (χ1v) is 16.0. The summed E-state index contributed by atoms with van der Waals surface area (Å²) in [6.45, 7) is 2.43. The predicted octanol–water partition coefficient (Wildman–Crippen LogP) is -7.29. The number of fused-ring (bicyclic) bond motifs is 3. The molecule has 11 N–H and O–H groups in total. The van der Waals surface area contributed by atoms with Crippen molar-refractivity contribution in [2.75, 3.05) is 60.4 Å². The van der Waals surface area contributed by atoms with E-state index in [0.29, 0.717) is 0 Å². The molecule has 6 amide bonds. The van der Waals surface area contributed by atoms with E-state index in [9.17, 15) is 28.8 Å². The van der Waals surface area contributed by atoms with Crippen LogP contribution in [0.15, 0.2) is 0 Å². The van der Waals surface area contributed by atoms with Crippen LogP contribution < -0.4 is 84.1 Å². The van der Waals surface area contributed by atoms with Crippen LogP contribution in [0.1, 0.15) is 0 Å². The van der Waals surface area contributed by atoms with Crippen LogP contribution in [0, 0.1) is 0 Å². The fraction of sp³-hybridized carbons (Fsp3) is 0.750. The minimum Gasteiger partial charge on any atom is -0.870 e. The second kappa shape index (κ2) is 24.4. The van der Waals surface area contributed by atoms with E-state index in [1.165, 1.54) is 14.1 Å². The van der Waals surface area contributed by atoms with E-state index in [4.69, 9.17) is 73.1 Å². The van der Waals surface area contributed by atoms with Gasteiger partial charge in [0.2, 0.25) is 0 Å². The first-order valence-electron chi connectivity index (χ1n) is 16.0. The smallest absolute Gasteiger partial charge is 0.870 e. The van der Waals surface area contributed by atoms with Gasteiger partial charge in [0.25, 0.3) is 0 Å². The summed E-state index contributed by atoms with van der Waals surface area (Å²) in [6, 6.07) is 0. The molecule has 0 saturated carbocycles. The molecule has 6 aliphatic heterocycles. The van der Waals surface area contributed by atoms with E-state index in [0.717, 1.165) is 0 Å². The van der Waals surface area contributed by atoms with Crippen LogP contribution in [0.5, 0.6) is 0 Å². The Morgan fingerprint density at radius 2 is 0.714 bits per heavy atom. The van der Waals surface area contributed by atoms with E-state index in [2.05, 4.69) is 21.3 Å². The van der Waals surface area contributed by atoms with Gasteiger partial charge in [-0.05, 0) is 0 Å². The molecule has 0 aromatic rings. The van der Waals surface area contributed by atoms with Gasteiger partial charge >= 0.3 is 87.9 Å². The number of hydrogen-bond donors (Lipinski definition) is 6. The Bertz CT molecular complexity index is 1230. The van der Waals surface area contributed by atoms with Crippen LogP contribution in [-0.4, -0.2) is 188 Å². The van der Waals surface area contributed by atoms with Gasteiger partial charge in [-0.2, -0.15) is 0 Å². The van der Waals surface area contributed by atoms with Crippen LogP contribution in [0.25, 0.3) is 0 Å². The third-order valence-corrected chi connectivity index (χ3v) is 8.33. The molecule has 0 aromatic carbocycles. The van der Waals surface area contributed by atoms with Gasteiger partial charge in [0.1, 0.15) is 43.4 Å². The average molecular weight is 841 g/mol. The van der Waals surface area contributed by atoms with Crippen molar-refractivity contribution in [2.24, 2.45) is 11.5 Å². The van der Waals surface area contributed by atoms with Crippen LogP contribution in [0.4, 0.5) is 28.8 Å². The fourth-order valence-corrected chi connectivity index (χ4v) is 6.13. The zero-order valence-electron chi connectivity index (χ0n) is 30.4. The van der Waals surface area contributed by atoms with E-state index >= 15 is 0 Å². The summed E-state index contributed by atoms with van der Waals surface area (Å²) in [5.41, 5.74) is 9.79. The molecule has 0 spiro atoms. The van der Waals surface area contributed by atoms with Gasteiger partial charge in [0.05, 0.1) is 46.3 Å². The topological polar surface area (TPSA) is 392 Å². The van der Waals surface area contributed by atoms with Crippen LogP contribution in [0.3, 0.4) is 0 Å². The van der Waals surface area contributed by atoms with Crippen molar-refractivity contribution < 1.29 is 153 Å². The number of primary amides is 2. The molecular formula is C28H45KN6O21. The molecule has 6 fully saturated rings. The Labute approximate surface area is 360 Å². The number of carbonyl (C=O) groups is 7. The van der Waals surface area contributed by atoms with Gasteiger partial charge in [-0.25, -0.2) is 28.8 Å². The Morgan fingerprint density at radius 1 is 0.500 bits per heavy atom. The minimum atomic E-state index is -0.892. The molecule has 0 bridgehead atoms. The predicted molar refractivity (Wildman–Crippen MR) is 170 cm³/mol. The maximum Gasteiger partial charge on any atom is 1.00 e. The van der Waals surface area contributed by atoms with Crippen molar-refractivity contribution in [3.63, 3.8) is 0 Å². The normalized spacial score (nSPS) is 32.3. The van der Waals surface area contributed by atoms with E-state index in [1.807, 2.05) is 6.79 Å². The van der Waals surface area contributed by atoms with Crippen molar-refractivity contribution in [2.45, 2.75) is 73.2 Å². The molecule has 6 saturated heterocycles. The van der Waals surface area contributed by atoms with Crippen molar-refractivity contribution in [3.8, 4) is 0 Å². The number of hydrogen-bond acceptors (Lipinski definition) is 20. The zero-order chi connectivity index (χ0) is 38.7. The Hall–Kier alpha value is -3.39. The third kappa shape index (κ3) is 13.3. The van der Waals surface area contributed by atoms with Gasteiger partial charge in [-0.3, -0.25) is 0 Å². The van der Waals surface area contributed by atoms with E-state index in [1.54, 1.807) is 0 Å². The Balaban J connectivity index is 0.000000631. The molecule has 0 aromatic heterocycles. The van der Waals surface area contributed by atoms with E-state index < -0.39 is 110 Å². The molecule has 27 nitrogen and oxygen atoms in total. The number of ether oxygens (including phenoxy) is 12. The van der Waals surface area contributed by atoms with Gasteiger partial charge < -0.3 is 105 Å². The van der Waals surface area contributed by atoms with Crippen molar-refractivity contribution in [3.05, 3.63) is 0 Å². The number of rotatable bonds is 8. The molecule has 56 heavy (non-hydrogen) atoms. The Morgan fingerprint density at radius 3 is 0.929 bits per heavy atom. The molecule has 12 atom stereocenters. The summed E-state index contributed by atoms with van der Waals surface area (Å²) < 4.78 is 63.4. The quantitative estimate of drug-likeness (QED) is 0.0751. The first kappa shape index (κ1) is 50.6. The van der Waals surface area contributed by atoms with Crippen LogP contribution in [-0.2, 0) is 61.6 Å².